The summed E-state index contributed by atoms with van der Waals surface area (Å²) >= 11 is 6.13. The number of carbonyl (C=O) groups excluding carboxylic acids is 1. The van der Waals surface area contributed by atoms with Crippen molar-refractivity contribution >= 4 is 28.4 Å². The average molecular weight is 460 g/mol. The van der Waals surface area contributed by atoms with E-state index in [0.29, 0.717) is 18.7 Å². The van der Waals surface area contributed by atoms with Crippen molar-refractivity contribution in [2.24, 2.45) is 0 Å². The molecule has 1 fully saturated rings. The largest absolute Gasteiger partial charge is 0.336 e. The minimum Gasteiger partial charge on any atom is -0.336 e. The Labute approximate surface area is 198 Å². The summed E-state index contributed by atoms with van der Waals surface area (Å²) in [5.74, 6) is 0.0557. The SMILES string of the molecule is CCn1cc(-c2cc(C(=O)N3CCN(Cc4cccc(Cl)c4)CC3)c3ccccc3n2)cn1. The van der Waals surface area contributed by atoms with Crippen molar-refractivity contribution in [2.75, 3.05) is 26.2 Å². The van der Waals surface area contributed by atoms with Crippen molar-refractivity contribution in [2.45, 2.75) is 20.0 Å². The molecule has 0 unspecified atom stereocenters. The fourth-order valence-corrected chi connectivity index (χ4v) is 4.55. The van der Waals surface area contributed by atoms with E-state index in [0.717, 1.165) is 53.4 Å². The lowest BCUT2D eigenvalue weighted by Crippen LogP contribution is -2.48. The highest BCUT2D eigenvalue weighted by molar-refractivity contribution is 6.30. The molecule has 0 aliphatic carbocycles. The number of nitrogens with zero attached hydrogens (tertiary/aromatic N) is 5. The van der Waals surface area contributed by atoms with E-state index in [-0.39, 0.29) is 5.91 Å². The molecule has 0 radical (unpaired) electrons. The highest BCUT2D eigenvalue weighted by Gasteiger charge is 2.24. The lowest BCUT2D eigenvalue weighted by Gasteiger charge is -2.35. The van der Waals surface area contributed by atoms with Gasteiger partial charge in [0, 0.05) is 61.4 Å². The van der Waals surface area contributed by atoms with E-state index in [1.165, 1.54) is 5.56 Å². The molecule has 7 heteroatoms. The maximum Gasteiger partial charge on any atom is 0.254 e. The number of aryl methyl sites for hydroxylation is 1. The first-order chi connectivity index (χ1) is 16.1. The van der Waals surface area contributed by atoms with Gasteiger partial charge in [0.05, 0.1) is 23.0 Å². The number of carbonyl (C=O) groups is 1. The number of hydrogen-bond donors (Lipinski definition) is 0. The molecule has 1 aliphatic heterocycles. The van der Waals surface area contributed by atoms with E-state index in [1.54, 1.807) is 0 Å². The highest BCUT2D eigenvalue weighted by Crippen LogP contribution is 2.26. The van der Waals surface area contributed by atoms with Gasteiger partial charge in [-0.2, -0.15) is 5.10 Å². The summed E-state index contributed by atoms with van der Waals surface area (Å²) in [4.78, 5) is 22.7. The average Bonchev–Trinajstić information content (AvgIpc) is 3.33. The Kier molecular flexibility index (Phi) is 6.11. The second kappa shape index (κ2) is 9.33. The van der Waals surface area contributed by atoms with Crippen molar-refractivity contribution in [3.8, 4) is 11.3 Å². The molecular weight excluding hydrogens is 434 g/mol. The van der Waals surface area contributed by atoms with Crippen LogP contribution in [0.3, 0.4) is 0 Å². The first kappa shape index (κ1) is 21.6. The zero-order valence-corrected chi connectivity index (χ0v) is 19.4. The number of aromatic nitrogens is 3. The van der Waals surface area contributed by atoms with Crippen LogP contribution in [0.2, 0.25) is 5.02 Å². The minimum absolute atomic E-state index is 0.0557. The minimum atomic E-state index is 0.0557. The molecule has 3 heterocycles. The predicted octanol–water partition coefficient (Wildman–Crippen LogP) is 4.73. The molecule has 2 aromatic carbocycles. The van der Waals surface area contributed by atoms with E-state index in [4.69, 9.17) is 16.6 Å². The molecule has 0 saturated carbocycles. The smallest absolute Gasteiger partial charge is 0.254 e. The lowest BCUT2D eigenvalue weighted by molar-refractivity contribution is 0.0630. The normalized spacial score (nSPS) is 14.7. The van der Waals surface area contributed by atoms with E-state index < -0.39 is 0 Å². The Bertz CT molecular complexity index is 1290. The summed E-state index contributed by atoms with van der Waals surface area (Å²) < 4.78 is 1.87. The Hall–Kier alpha value is -3.22. The van der Waals surface area contributed by atoms with Crippen molar-refractivity contribution in [3.63, 3.8) is 0 Å². The van der Waals surface area contributed by atoms with Crippen LogP contribution in [0.15, 0.2) is 67.0 Å². The van der Waals surface area contributed by atoms with E-state index >= 15 is 0 Å². The second-order valence-electron chi connectivity index (χ2n) is 8.36. The van der Waals surface area contributed by atoms with Crippen LogP contribution in [-0.4, -0.2) is 56.7 Å². The van der Waals surface area contributed by atoms with Crippen molar-refractivity contribution < 1.29 is 4.79 Å². The van der Waals surface area contributed by atoms with Gasteiger partial charge in [0.2, 0.25) is 0 Å². The first-order valence-corrected chi connectivity index (χ1v) is 11.7. The van der Waals surface area contributed by atoms with Gasteiger partial charge in [0.25, 0.3) is 5.91 Å². The molecule has 2 aromatic heterocycles. The van der Waals surface area contributed by atoms with Crippen LogP contribution < -0.4 is 0 Å². The summed E-state index contributed by atoms with van der Waals surface area (Å²) in [5.41, 5.74) is 4.41. The van der Waals surface area contributed by atoms with Crippen LogP contribution in [0.4, 0.5) is 0 Å². The fourth-order valence-electron chi connectivity index (χ4n) is 4.34. The summed E-state index contributed by atoms with van der Waals surface area (Å²) in [7, 11) is 0. The molecule has 0 N–H and O–H groups in total. The molecule has 168 valence electrons. The van der Waals surface area contributed by atoms with Gasteiger partial charge in [-0.3, -0.25) is 14.4 Å². The maximum absolute atomic E-state index is 13.6. The molecule has 1 amide bonds. The van der Waals surface area contributed by atoms with Crippen molar-refractivity contribution in [1.82, 2.24) is 24.6 Å². The number of halogens is 1. The van der Waals surface area contributed by atoms with Crippen molar-refractivity contribution in [1.29, 1.82) is 0 Å². The maximum atomic E-state index is 13.6. The number of para-hydroxylation sites is 1. The summed E-state index contributed by atoms with van der Waals surface area (Å²) in [6, 6.07) is 17.7. The third-order valence-electron chi connectivity index (χ3n) is 6.15. The lowest BCUT2D eigenvalue weighted by atomic mass is 10.0. The molecule has 4 aromatic rings. The number of pyridine rings is 1. The van der Waals surface area contributed by atoms with Crippen LogP contribution >= 0.6 is 11.6 Å². The summed E-state index contributed by atoms with van der Waals surface area (Å²) in [6.07, 6.45) is 3.78. The predicted molar refractivity (Wildman–Crippen MR) is 131 cm³/mol. The van der Waals surface area contributed by atoms with Gasteiger partial charge < -0.3 is 4.90 Å². The molecular formula is C26H26ClN5O. The standard InChI is InChI=1S/C26H26ClN5O/c1-2-32-18-20(16-28-32)25-15-23(22-8-3-4-9-24(22)29-25)26(33)31-12-10-30(11-13-31)17-19-6-5-7-21(27)14-19/h3-9,14-16,18H,2,10-13,17H2,1H3. The number of amides is 1. The Morgan fingerprint density at radius 3 is 2.61 bits per heavy atom. The Morgan fingerprint density at radius 2 is 1.85 bits per heavy atom. The van der Waals surface area contributed by atoms with Crippen molar-refractivity contribution in [3.05, 3.63) is 83.1 Å². The summed E-state index contributed by atoms with van der Waals surface area (Å²) in [5, 5.41) is 6.01. The number of rotatable bonds is 5. The van der Waals surface area contributed by atoms with E-state index in [2.05, 4.69) is 16.1 Å². The molecule has 33 heavy (non-hydrogen) atoms. The third kappa shape index (κ3) is 4.63. The van der Waals surface area contributed by atoms with Gasteiger partial charge in [-0.25, -0.2) is 4.98 Å². The number of piperazine rings is 1. The summed E-state index contributed by atoms with van der Waals surface area (Å²) in [6.45, 7) is 6.73. The monoisotopic (exact) mass is 459 g/mol. The zero-order chi connectivity index (χ0) is 22.8. The number of fused-ring (bicyclic) bond motifs is 1. The Morgan fingerprint density at radius 1 is 1.03 bits per heavy atom. The third-order valence-corrected chi connectivity index (χ3v) is 6.39. The van der Waals surface area contributed by atoms with Crippen LogP contribution in [0.1, 0.15) is 22.8 Å². The Balaban J connectivity index is 1.37. The van der Waals surface area contributed by atoms with Gasteiger partial charge in [-0.1, -0.05) is 41.9 Å². The molecule has 0 bridgehead atoms. The number of benzene rings is 2. The van der Waals surface area contributed by atoms with Crippen LogP contribution in [0.5, 0.6) is 0 Å². The quantitative estimate of drug-likeness (QED) is 0.433. The van der Waals surface area contributed by atoms with Crippen LogP contribution in [0.25, 0.3) is 22.2 Å². The number of hydrogen-bond acceptors (Lipinski definition) is 4. The topological polar surface area (TPSA) is 54.3 Å². The molecule has 5 rings (SSSR count). The molecule has 1 saturated heterocycles. The fraction of sp³-hybridized carbons (Fsp3) is 0.269. The van der Waals surface area contributed by atoms with Gasteiger partial charge in [0.1, 0.15) is 0 Å². The highest BCUT2D eigenvalue weighted by atomic mass is 35.5. The molecule has 0 spiro atoms. The van der Waals surface area contributed by atoms with Gasteiger partial charge in [0.15, 0.2) is 0 Å². The second-order valence-corrected chi connectivity index (χ2v) is 8.79. The van der Waals surface area contributed by atoms with E-state index in [1.807, 2.05) is 77.4 Å². The molecule has 6 nitrogen and oxygen atoms in total. The molecule has 1 aliphatic rings. The molecule has 0 atom stereocenters. The van der Waals surface area contributed by atoms with Gasteiger partial charge >= 0.3 is 0 Å². The van der Waals surface area contributed by atoms with E-state index in [9.17, 15) is 4.79 Å². The zero-order valence-electron chi connectivity index (χ0n) is 18.6. The van der Waals surface area contributed by atoms with Gasteiger partial charge in [-0.15, -0.1) is 0 Å². The van der Waals surface area contributed by atoms with Crippen LogP contribution in [0, 0.1) is 0 Å². The first-order valence-electron chi connectivity index (χ1n) is 11.3. The van der Waals surface area contributed by atoms with Gasteiger partial charge in [-0.05, 0) is 36.8 Å². The van der Waals surface area contributed by atoms with Crippen LogP contribution in [-0.2, 0) is 13.1 Å².